The van der Waals surface area contributed by atoms with Crippen molar-refractivity contribution in [3.8, 4) is 0 Å². The number of ketones is 1. The molecule has 0 spiro atoms. The lowest BCUT2D eigenvalue weighted by atomic mass is 10.0. The molecule has 2 aromatic rings. The van der Waals surface area contributed by atoms with Crippen LogP contribution in [0.2, 0.25) is 10.0 Å². The number of benzene rings is 1. The standard InChI is InChI=1S/C13H11Cl2NO3/c1-2-3-8(17)6-4-5-7-9(10(6)14)11(15)12(16-7)13(18)19/h4-5,16H,2-3H2,1H3,(H,18,19). The third-order valence-electron chi connectivity index (χ3n) is 2.83. The molecule has 0 aliphatic carbocycles. The summed E-state index contributed by atoms with van der Waals surface area (Å²) in [4.78, 5) is 25.6. The predicted octanol–water partition coefficient (Wildman–Crippen LogP) is 4.16. The Kier molecular flexibility index (Phi) is 3.83. The lowest BCUT2D eigenvalue weighted by molar-refractivity contribution is 0.0691. The summed E-state index contributed by atoms with van der Waals surface area (Å²) < 4.78 is 0. The maximum absolute atomic E-state index is 11.9. The van der Waals surface area contributed by atoms with Crippen molar-refractivity contribution in [3.63, 3.8) is 0 Å². The number of halogens is 2. The second kappa shape index (κ2) is 5.23. The van der Waals surface area contributed by atoms with Gasteiger partial charge in [0.2, 0.25) is 0 Å². The van der Waals surface area contributed by atoms with E-state index < -0.39 is 5.97 Å². The number of H-pyrrole nitrogens is 1. The minimum absolute atomic E-state index is 0.0265. The van der Waals surface area contributed by atoms with Crippen LogP contribution in [-0.4, -0.2) is 21.8 Å². The van der Waals surface area contributed by atoms with Crippen molar-refractivity contribution in [1.82, 2.24) is 4.98 Å². The molecule has 0 saturated carbocycles. The molecular formula is C13H11Cl2NO3. The maximum atomic E-state index is 11.9. The first-order valence-corrected chi connectivity index (χ1v) is 6.49. The molecule has 6 heteroatoms. The fourth-order valence-electron chi connectivity index (χ4n) is 1.93. The molecule has 0 bridgehead atoms. The predicted molar refractivity (Wildman–Crippen MR) is 74.5 cm³/mol. The van der Waals surface area contributed by atoms with Crippen molar-refractivity contribution in [2.24, 2.45) is 0 Å². The van der Waals surface area contributed by atoms with E-state index >= 15 is 0 Å². The highest BCUT2D eigenvalue weighted by molar-refractivity contribution is 6.45. The zero-order valence-corrected chi connectivity index (χ0v) is 11.6. The number of carbonyl (C=O) groups is 2. The van der Waals surface area contributed by atoms with Crippen LogP contribution < -0.4 is 0 Å². The molecule has 19 heavy (non-hydrogen) atoms. The summed E-state index contributed by atoms with van der Waals surface area (Å²) in [7, 11) is 0. The van der Waals surface area contributed by atoms with Gasteiger partial charge in [-0.3, -0.25) is 4.79 Å². The van der Waals surface area contributed by atoms with Crippen molar-refractivity contribution < 1.29 is 14.7 Å². The molecule has 0 amide bonds. The fourth-order valence-corrected chi connectivity index (χ4v) is 2.67. The van der Waals surface area contributed by atoms with Gasteiger partial charge in [0.25, 0.3) is 0 Å². The number of carboxylic acids is 1. The van der Waals surface area contributed by atoms with Gasteiger partial charge in [-0.15, -0.1) is 0 Å². The molecule has 0 aliphatic heterocycles. The molecule has 0 saturated heterocycles. The van der Waals surface area contributed by atoms with Gasteiger partial charge in [-0.25, -0.2) is 4.79 Å². The SMILES string of the molecule is CCCC(=O)c1ccc2[nH]c(C(=O)O)c(Cl)c2c1Cl. The van der Waals surface area contributed by atoms with E-state index in [-0.39, 0.29) is 21.5 Å². The van der Waals surface area contributed by atoms with Crippen LogP contribution in [-0.2, 0) is 0 Å². The van der Waals surface area contributed by atoms with Crippen molar-refractivity contribution in [2.75, 3.05) is 0 Å². The first kappa shape index (κ1) is 13.9. The lowest BCUT2D eigenvalue weighted by Gasteiger charge is -2.04. The summed E-state index contributed by atoms with van der Waals surface area (Å²) >= 11 is 12.2. The van der Waals surface area contributed by atoms with E-state index in [4.69, 9.17) is 28.3 Å². The van der Waals surface area contributed by atoms with Gasteiger partial charge in [0.1, 0.15) is 5.69 Å². The van der Waals surface area contributed by atoms with E-state index in [9.17, 15) is 9.59 Å². The van der Waals surface area contributed by atoms with E-state index in [0.717, 1.165) is 0 Å². The molecule has 2 N–H and O–H groups in total. The summed E-state index contributed by atoms with van der Waals surface area (Å²) in [6.07, 6.45) is 1.10. The Morgan fingerprint density at radius 2 is 1.95 bits per heavy atom. The van der Waals surface area contributed by atoms with Crippen LogP contribution in [0.1, 0.15) is 40.6 Å². The number of rotatable bonds is 4. The molecule has 100 valence electrons. The Labute approximate surface area is 119 Å². The molecule has 1 aromatic heterocycles. The van der Waals surface area contributed by atoms with Gasteiger partial charge in [0, 0.05) is 22.9 Å². The third-order valence-corrected chi connectivity index (χ3v) is 3.60. The summed E-state index contributed by atoms with van der Waals surface area (Å²) in [5.41, 5.74) is 0.743. The van der Waals surface area contributed by atoms with Crippen LogP contribution in [0.3, 0.4) is 0 Å². The highest BCUT2D eigenvalue weighted by atomic mass is 35.5. The first-order valence-electron chi connectivity index (χ1n) is 5.73. The summed E-state index contributed by atoms with van der Waals surface area (Å²) in [5, 5.41) is 9.60. The van der Waals surface area contributed by atoms with Crippen molar-refractivity contribution in [1.29, 1.82) is 0 Å². The molecule has 0 unspecified atom stereocenters. The zero-order chi connectivity index (χ0) is 14.2. The Balaban J connectivity index is 2.67. The topological polar surface area (TPSA) is 70.2 Å². The number of carbonyl (C=O) groups excluding carboxylic acids is 1. The molecule has 0 atom stereocenters. The van der Waals surface area contributed by atoms with Gasteiger partial charge in [-0.2, -0.15) is 0 Å². The van der Waals surface area contributed by atoms with Gasteiger partial charge < -0.3 is 10.1 Å². The summed E-state index contributed by atoms with van der Waals surface area (Å²) in [6.45, 7) is 1.90. The number of hydrogen-bond acceptors (Lipinski definition) is 2. The number of nitrogens with one attached hydrogen (secondary N) is 1. The molecule has 2 rings (SSSR count). The lowest BCUT2D eigenvalue weighted by Crippen LogP contribution is -1.99. The van der Waals surface area contributed by atoms with Crippen molar-refractivity contribution >= 4 is 45.9 Å². The number of aromatic carboxylic acids is 1. The molecule has 0 fully saturated rings. The zero-order valence-electron chi connectivity index (χ0n) is 10.1. The number of aromatic nitrogens is 1. The molecule has 1 heterocycles. The number of carboxylic acid groups (broad SMARTS) is 1. The van der Waals surface area contributed by atoms with Crippen molar-refractivity contribution in [3.05, 3.63) is 33.4 Å². The summed E-state index contributed by atoms with van der Waals surface area (Å²) in [6, 6.07) is 3.20. The molecule has 0 radical (unpaired) electrons. The second-order valence-corrected chi connectivity index (χ2v) is 4.90. The highest BCUT2D eigenvalue weighted by Crippen LogP contribution is 2.35. The number of fused-ring (bicyclic) bond motifs is 1. The average Bonchev–Trinajstić information content (AvgIpc) is 2.68. The first-order chi connectivity index (χ1) is 8.97. The normalized spacial score (nSPS) is 10.9. The van der Waals surface area contributed by atoms with E-state index in [2.05, 4.69) is 4.98 Å². The maximum Gasteiger partial charge on any atom is 0.353 e. The van der Waals surface area contributed by atoms with Gasteiger partial charge in [0.15, 0.2) is 5.78 Å². The Hall–Kier alpha value is -1.52. The van der Waals surface area contributed by atoms with Crippen LogP contribution >= 0.6 is 23.2 Å². The van der Waals surface area contributed by atoms with Crippen LogP contribution in [0, 0.1) is 0 Å². The largest absolute Gasteiger partial charge is 0.477 e. The summed E-state index contributed by atoms with van der Waals surface area (Å²) in [5.74, 6) is -1.25. The van der Waals surface area contributed by atoms with Crippen LogP contribution in [0.25, 0.3) is 10.9 Å². The van der Waals surface area contributed by atoms with E-state index in [1.54, 1.807) is 12.1 Å². The highest BCUT2D eigenvalue weighted by Gasteiger charge is 2.20. The Morgan fingerprint density at radius 1 is 1.26 bits per heavy atom. The Bertz CT molecular complexity index is 676. The molecular weight excluding hydrogens is 289 g/mol. The molecule has 0 aliphatic rings. The number of Topliss-reactive ketones (excluding diaryl/α,β-unsaturated/α-hetero) is 1. The fraction of sp³-hybridized carbons (Fsp3) is 0.231. The molecule has 1 aromatic carbocycles. The van der Waals surface area contributed by atoms with Gasteiger partial charge in [-0.1, -0.05) is 30.1 Å². The van der Waals surface area contributed by atoms with Crippen molar-refractivity contribution in [2.45, 2.75) is 19.8 Å². The third kappa shape index (κ3) is 2.33. The monoisotopic (exact) mass is 299 g/mol. The smallest absolute Gasteiger partial charge is 0.353 e. The van der Waals surface area contributed by atoms with Gasteiger partial charge >= 0.3 is 5.97 Å². The van der Waals surface area contributed by atoms with Crippen LogP contribution in [0.4, 0.5) is 0 Å². The second-order valence-electron chi connectivity index (χ2n) is 4.14. The van der Waals surface area contributed by atoms with E-state index in [0.29, 0.717) is 29.3 Å². The molecule has 4 nitrogen and oxygen atoms in total. The quantitative estimate of drug-likeness (QED) is 0.833. The minimum atomic E-state index is -1.17. The minimum Gasteiger partial charge on any atom is -0.477 e. The number of hydrogen-bond donors (Lipinski definition) is 2. The van der Waals surface area contributed by atoms with E-state index in [1.807, 2.05) is 6.92 Å². The van der Waals surface area contributed by atoms with Gasteiger partial charge in [0.05, 0.1) is 10.0 Å². The van der Waals surface area contributed by atoms with Gasteiger partial charge in [-0.05, 0) is 18.6 Å². The number of aromatic amines is 1. The van der Waals surface area contributed by atoms with E-state index in [1.165, 1.54) is 0 Å². The average molecular weight is 300 g/mol. The van der Waals surface area contributed by atoms with Crippen LogP contribution in [0.15, 0.2) is 12.1 Å². The Morgan fingerprint density at radius 3 is 2.53 bits per heavy atom. The van der Waals surface area contributed by atoms with Crippen LogP contribution in [0.5, 0.6) is 0 Å².